The average molecular weight is 575 g/mol. The van der Waals surface area contributed by atoms with Crippen LogP contribution in [0, 0.1) is 11.3 Å². The molecule has 0 radical (unpaired) electrons. The lowest BCUT2D eigenvalue weighted by molar-refractivity contribution is -0.143. The normalized spacial score (nSPS) is 25.9. The number of alkyl halides is 3. The Bertz CT molecular complexity index is 1380. The molecule has 0 spiro atoms. The Labute approximate surface area is 234 Å². The Kier molecular flexibility index (Phi) is 6.71. The fraction of sp³-hybridized carbons (Fsp3) is 0.481. The van der Waals surface area contributed by atoms with Gasteiger partial charge in [-0.05, 0) is 48.7 Å². The minimum atomic E-state index is -4.49. The number of rotatable bonds is 4. The molecule has 2 fully saturated rings. The number of carbonyl (C=O) groups is 1. The number of carbonyl (C=O) groups excluding carboxylic acids is 1. The summed E-state index contributed by atoms with van der Waals surface area (Å²) >= 11 is 5.74. The van der Waals surface area contributed by atoms with E-state index in [-0.39, 0.29) is 24.4 Å². The van der Waals surface area contributed by atoms with Crippen LogP contribution >= 0.6 is 12.2 Å². The second kappa shape index (κ2) is 10.1. The number of amides is 1. The van der Waals surface area contributed by atoms with Crippen molar-refractivity contribution in [3.05, 3.63) is 71.6 Å². The van der Waals surface area contributed by atoms with Gasteiger partial charge in [-0.1, -0.05) is 0 Å². The zero-order valence-corrected chi connectivity index (χ0v) is 22.7. The molecule has 1 amide bonds. The van der Waals surface area contributed by atoms with Crippen LogP contribution in [0.5, 0.6) is 0 Å². The molecule has 1 saturated heterocycles. The number of thiocarbonyl (C=S) groups is 1. The van der Waals surface area contributed by atoms with Gasteiger partial charge in [0.25, 0.3) is 0 Å². The highest BCUT2D eigenvalue weighted by Crippen LogP contribution is 2.51. The number of nitrogens with zero attached hydrogens (tertiary/aromatic N) is 5. The highest BCUT2D eigenvalue weighted by molar-refractivity contribution is 7.80. The quantitative estimate of drug-likeness (QED) is 0.558. The first kappa shape index (κ1) is 26.6. The summed E-state index contributed by atoms with van der Waals surface area (Å²) in [5.41, 5.74) is 0.325. The van der Waals surface area contributed by atoms with Gasteiger partial charge in [-0.2, -0.15) is 13.2 Å². The molecule has 1 saturated carbocycles. The Morgan fingerprint density at radius 1 is 1.32 bits per heavy atom. The first-order valence-electron chi connectivity index (χ1n) is 13.1. The van der Waals surface area contributed by atoms with Crippen molar-refractivity contribution in [1.29, 1.82) is 0 Å². The first-order valence-corrected chi connectivity index (χ1v) is 13.5. The van der Waals surface area contributed by atoms with Gasteiger partial charge in [0.15, 0.2) is 10.9 Å². The summed E-state index contributed by atoms with van der Waals surface area (Å²) in [5.74, 6) is 0.628. The maximum atomic E-state index is 14.4. The summed E-state index contributed by atoms with van der Waals surface area (Å²) < 4.78 is 52.7. The van der Waals surface area contributed by atoms with Crippen LogP contribution in [0.4, 0.5) is 13.2 Å². The summed E-state index contributed by atoms with van der Waals surface area (Å²) in [6.45, 7) is 1.85. The number of allylic oxidation sites excluding steroid dienone is 1. The van der Waals surface area contributed by atoms with Crippen LogP contribution < -0.4 is 5.32 Å². The van der Waals surface area contributed by atoms with Gasteiger partial charge >= 0.3 is 6.18 Å². The summed E-state index contributed by atoms with van der Waals surface area (Å²) in [6.07, 6.45) is 6.57. The van der Waals surface area contributed by atoms with E-state index in [9.17, 15) is 18.0 Å². The lowest BCUT2D eigenvalue weighted by Crippen LogP contribution is -2.49. The number of aromatic nitrogens is 3. The molecule has 0 unspecified atom stereocenters. The number of likely N-dealkylation sites (tertiary alicyclic amines) is 1. The Balaban J connectivity index is 1.27. The zero-order chi connectivity index (χ0) is 28.1. The number of fused-ring (bicyclic) bond motifs is 2. The highest BCUT2D eigenvalue weighted by Gasteiger charge is 2.59. The van der Waals surface area contributed by atoms with Gasteiger partial charge in [0.1, 0.15) is 12.9 Å². The molecule has 212 valence electrons. The van der Waals surface area contributed by atoms with Gasteiger partial charge in [-0.25, -0.2) is 4.98 Å². The van der Waals surface area contributed by atoms with Crippen LogP contribution in [0.15, 0.2) is 54.8 Å². The molecule has 4 aliphatic rings. The van der Waals surface area contributed by atoms with Crippen LogP contribution in [0.3, 0.4) is 0 Å². The molecule has 0 aromatic carbocycles. The Morgan fingerprint density at radius 3 is 2.92 bits per heavy atom. The van der Waals surface area contributed by atoms with Crippen molar-refractivity contribution < 1.29 is 27.4 Å². The van der Waals surface area contributed by atoms with E-state index >= 15 is 0 Å². The molecule has 1 aliphatic carbocycles. The predicted molar refractivity (Wildman–Crippen MR) is 141 cm³/mol. The third-order valence-corrected chi connectivity index (χ3v) is 8.87. The van der Waals surface area contributed by atoms with Crippen molar-refractivity contribution in [2.45, 2.75) is 38.0 Å². The maximum Gasteiger partial charge on any atom is 0.417 e. The number of ether oxygens (including phenoxy) is 2. The monoisotopic (exact) mass is 574 g/mol. The molecule has 0 bridgehead atoms. The van der Waals surface area contributed by atoms with Crippen LogP contribution in [0.2, 0.25) is 0 Å². The SMILES string of the molecule is COC1=C(N[C@@H]2C[C@H]3CN(C(=S)n4ccnc4)C[C@@]3(C(=O)N3CCc4ncc(C(F)(F)F)cc4C3)C2)C=COC1. The number of imidazole rings is 1. The lowest BCUT2D eigenvalue weighted by Gasteiger charge is -2.37. The molecule has 2 aromatic heterocycles. The maximum absolute atomic E-state index is 14.4. The van der Waals surface area contributed by atoms with Crippen LogP contribution in [0.1, 0.15) is 29.7 Å². The van der Waals surface area contributed by atoms with Gasteiger partial charge in [0, 0.05) is 62.9 Å². The summed E-state index contributed by atoms with van der Waals surface area (Å²) in [5, 5.41) is 4.13. The highest BCUT2D eigenvalue weighted by atomic mass is 32.1. The van der Waals surface area contributed by atoms with Crippen LogP contribution in [0.25, 0.3) is 0 Å². The minimum Gasteiger partial charge on any atom is -0.495 e. The second-order valence-corrected chi connectivity index (χ2v) is 11.1. The van der Waals surface area contributed by atoms with Crippen LogP contribution in [-0.4, -0.2) is 74.7 Å². The van der Waals surface area contributed by atoms with Crippen molar-refractivity contribution in [2.24, 2.45) is 11.3 Å². The number of hydrogen-bond donors (Lipinski definition) is 1. The van der Waals surface area contributed by atoms with Crippen molar-refractivity contribution in [1.82, 2.24) is 29.7 Å². The summed E-state index contributed by atoms with van der Waals surface area (Å²) in [6, 6.07) is 1.12. The number of nitrogens with one attached hydrogen (secondary N) is 1. The van der Waals surface area contributed by atoms with E-state index in [2.05, 4.69) is 15.3 Å². The molecule has 3 atom stereocenters. The Hall–Kier alpha value is -3.61. The van der Waals surface area contributed by atoms with Gasteiger partial charge in [-0.15, -0.1) is 0 Å². The van der Waals surface area contributed by atoms with E-state index in [1.165, 1.54) is 0 Å². The second-order valence-electron chi connectivity index (χ2n) is 10.7. The summed E-state index contributed by atoms with van der Waals surface area (Å²) in [7, 11) is 1.59. The van der Waals surface area contributed by atoms with Crippen molar-refractivity contribution in [3.63, 3.8) is 0 Å². The fourth-order valence-electron chi connectivity index (χ4n) is 6.49. The third kappa shape index (κ3) is 4.69. The van der Waals surface area contributed by atoms with E-state index in [0.29, 0.717) is 61.2 Å². The molecule has 9 nitrogen and oxygen atoms in total. The number of hydrogen-bond acceptors (Lipinski definition) is 7. The summed E-state index contributed by atoms with van der Waals surface area (Å²) in [4.78, 5) is 26.3. The van der Waals surface area contributed by atoms with Crippen molar-refractivity contribution >= 4 is 23.2 Å². The number of pyridine rings is 1. The largest absolute Gasteiger partial charge is 0.495 e. The van der Waals surface area contributed by atoms with E-state index in [4.69, 9.17) is 21.7 Å². The van der Waals surface area contributed by atoms with E-state index in [1.54, 1.807) is 41.6 Å². The molecule has 3 aliphatic heterocycles. The predicted octanol–water partition coefficient (Wildman–Crippen LogP) is 3.09. The zero-order valence-electron chi connectivity index (χ0n) is 21.9. The average Bonchev–Trinajstić information content (AvgIpc) is 3.67. The number of halogens is 3. The van der Waals surface area contributed by atoms with E-state index in [0.717, 1.165) is 24.4 Å². The molecule has 13 heteroatoms. The van der Waals surface area contributed by atoms with Gasteiger partial charge in [0.05, 0.1) is 30.0 Å². The van der Waals surface area contributed by atoms with Gasteiger partial charge in [-0.3, -0.25) is 14.3 Å². The van der Waals surface area contributed by atoms with Gasteiger partial charge in [0.2, 0.25) is 5.91 Å². The fourth-order valence-corrected chi connectivity index (χ4v) is 6.74. The standard InChI is InChI=1S/C27H29F3N6O3S/c1-38-23-14-39-7-3-22(23)33-20-9-19-13-36(25(40)35-6-4-31-16-35)15-26(19,10-20)24(37)34-5-2-21-17(12-34)8-18(11-32-21)27(28,29)30/h3-4,6-8,11,16,19-20,33H,2,5,9-10,12-15H2,1H3/t19-,20+,26-/m0/s1. The first-order chi connectivity index (χ1) is 19.2. The lowest BCUT2D eigenvalue weighted by atomic mass is 9.78. The molecule has 2 aromatic rings. The minimum absolute atomic E-state index is 0.00334. The van der Waals surface area contributed by atoms with E-state index < -0.39 is 17.2 Å². The number of methoxy groups -OCH3 is 1. The molecule has 1 N–H and O–H groups in total. The smallest absolute Gasteiger partial charge is 0.417 e. The molecule has 40 heavy (non-hydrogen) atoms. The molecular formula is C27H29F3N6O3S. The molecular weight excluding hydrogens is 545 g/mol. The van der Waals surface area contributed by atoms with Gasteiger partial charge < -0.3 is 24.6 Å². The van der Waals surface area contributed by atoms with Crippen molar-refractivity contribution in [3.8, 4) is 0 Å². The third-order valence-electron chi connectivity index (χ3n) is 8.40. The topological polar surface area (TPSA) is 84.8 Å². The van der Waals surface area contributed by atoms with Crippen LogP contribution in [-0.2, 0) is 33.4 Å². The molecule has 5 heterocycles. The molecule has 6 rings (SSSR count). The Morgan fingerprint density at radius 2 is 2.17 bits per heavy atom. The van der Waals surface area contributed by atoms with E-state index in [1.807, 2.05) is 11.0 Å². The van der Waals surface area contributed by atoms with Crippen molar-refractivity contribution in [2.75, 3.05) is 33.4 Å².